The van der Waals surface area contributed by atoms with E-state index in [1.165, 1.54) is 112 Å². The van der Waals surface area contributed by atoms with Crippen molar-refractivity contribution in [3.8, 4) is 11.5 Å². The predicted molar refractivity (Wildman–Crippen MR) is 173 cm³/mol. The van der Waals surface area contributed by atoms with Crippen LogP contribution in [0, 0.1) is 0 Å². The molecule has 2 aromatic carbocycles. The van der Waals surface area contributed by atoms with Crippen molar-refractivity contribution in [1.29, 1.82) is 0 Å². The molecule has 1 aliphatic rings. The standard InChI is InChI=1S/C37H59NO2/c1-8-9-10-11-12-13-14-15-16-17-18-19-20-21-34-33-28-36(40-7)35(39-6)27-30(33)26-29(2)38(34)32-24-22-31(23-25-32)37(3,4)5/h22-25,27-29,34H,8-21,26H2,1-7H3. The van der Waals surface area contributed by atoms with Gasteiger partial charge in [0.15, 0.2) is 11.5 Å². The number of benzene rings is 2. The molecule has 2 aromatic rings. The Hall–Kier alpha value is -2.16. The molecule has 3 nitrogen and oxygen atoms in total. The minimum absolute atomic E-state index is 0.163. The summed E-state index contributed by atoms with van der Waals surface area (Å²) in [6.07, 6.45) is 20.3. The number of nitrogens with zero attached hydrogens (tertiary/aromatic N) is 1. The Balaban J connectivity index is 1.62. The van der Waals surface area contributed by atoms with Crippen molar-refractivity contribution in [3.63, 3.8) is 0 Å². The third-order valence-electron chi connectivity index (χ3n) is 8.94. The van der Waals surface area contributed by atoms with Crippen LogP contribution in [0.4, 0.5) is 5.69 Å². The summed E-state index contributed by atoms with van der Waals surface area (Å²) in [5.74, 6) is 1.69. The highest BCUT2D eigenvalue weighted by molar-refractivity contribution is 5.58. The Kier molecular flexibility index (Phi) is 13.2. The molecule has 0 saturated carbocycles. The number of anilines is 1. The lowest BCUT2D eigenvalue weighted by atomic mass is 9.84. The summed E-state index contributed by atoms with van der Waals surface area (Å²) in [6, 6.07) is 14.6. The molecule has 0 radical (unpaired) electrons. The Morgan fingerprint density at radius 2 is 1.23 bits per heavy atom. The van der Waals surface area contributed by atoms with Crippen LogP contribution >= 0.6 is 0 Å². The molecule has 224 valence electrons. The summed E-state index contributed by atoms with van der Waals surface area (Å²) >= 11 is 0. The van der Waals surface area contributed by atoms with E-state index >= 15 is 0 Å². The highest BCUT2D eigenvalue weighted by Gasteiger charge is 2.33. The maximum Gasteiger partial charge on any atom is 0.161 e. The number of unbranched alkanes of at least 4 members (excludes halogenated alkanes) is 12. The first-order valence-corrected chi connectivity index (χ1v) is 16.4. The number of methoxy groups -OCH3 is 2. The summed E-state index contributed by atoms with van der Waals surface area (Å²) in [5.41, 5.74) is 5.71. The molecule has 40 heavy (non-hydrogen) atoms. The van der Waals surface area contributed by atoms with Gasteiger partial charge in [-0.05, 0) is 66.1 Å². The van der Waals surface area contributed by atoms with Gasteiger partial charge in [0, 0.05) is 11.7 Å². The molecule has 0 bridgehead atoms. The van der Waals surface area contributed by atoms with Crippen LogP contribution in [0.3, 0.4) is 0 Å². The summed E-state index contributed by atoms with van der Waals surface area (Å²) in [5, 5.41) is 0. The minimum atomic E-state index is 0.163. The van der Waals surface area contributed by atoms with Crippen molar-refractivity contribution >= 4 is 5.69 Å². The number of hydrogen-bond acceptors (Lipinski definition) is 3. The Bertz CT molecular complexity index is 990. The number of ether oxygens (including phenoxy) is 2. The number of hydrogen-bond donors (Lipinski definition) is 0. The fraction of sp³-hybridized carbons (Fsp3) is 0.676. The molecule has 0 fully saturated rings. The maximum atomic E-state index is 5.75. The van der Waals surface area contributed by atoms with Gasteiger partial charge < -0.3 is 14.4 Å². The van der Waals surface area contributed by atoms with E-state index in [4.69, 9.17) is 9.47 Å². The van der Waals surface area contributed by atoms with Gasteiger partial charge in [0.25, 0.3) is 0 Å². The van der Waals surface area contributed by atoms with Gasteiger partial charge in [-0.15, -0.1) is 0 Å². The molecular weight excluding hydrogens is 490 g/mol. The summed E-state index contributed by atoms with van der Waals surface area (Å²) < 4.78 is 11.4. The molecule has 2 atom stereocenters. The normalized spacial score (nSPS) is 17.1. The van der Waals surface area contributed by atoms with Crippen LogP contribution in [-0.2, 0) is 11.8 Å². The van der Waals surface area contributed by atoms with Crippen LogP contribution in [-0.4, -0.2) is 20.3 Å². The van der Waals surface area contributed by atoms with Crippen molar-refractivity contribution < 1.29 is 9.47 Å². The van der Waals surface area contributed by atoms with Gasteiger partial charge in [-0.3, -0.25) is 0 Å². The molecule has 0 N–H and O–H groups in total. The average Bonchev–Trinajstić information content (AvgIpc) is 2.94. The molecule has 3 rings (SSSR count). The van der Waals surface area contributed by atoms with Crippen molar-refractivity contribution in [1.82, 2.24) is 0 Å². The predicted octanol–water partition coefficient (Wildman–Crippen LogP) is 11.0. The first-order chi connectivity index (χ1) is 19.3. The van der Waals surface area contributed by atoms with Gasteiger partial charge >= 0.3 is 0 Å². The molecule has 2 unspecified atom stereocenters. The second-order valence-corrected chi connectivity index (χ2v) is 13.2. The molecule has 1 heterocycles. The third-order valence-corrected chi connectivity index (χ3v) is 8.94. The van der Waals surface area contributed by atoms with Gasteiger partial charge in [0.2, 0.25) is 0 Å². The fourth-order valence-electron chi connectivity index (χ4n) is 6.52. The van der Waals surface area contributed by atoms with E-state index in [1.54, 1.807) is 14.2 Å². The largest absolute Gasteiger partial charge is 0.493 e. The fourth-order valence-corrected chi connectivity index (χ4v) is 6.52. The zero-order valence-corrected chi connectivity index (χ0v) is 27.0. The lowest BCUT2D eigenvalue weighted by Crippen LogP contribution is -2.42. The van der Waals surface area contributed by atoms with Crippen LogP contribution in [0.5, 0.6) is 11.5 Å². The van der Waals surface area contributed by atoms with E-state index in [0.717, 1.165) is 17.9 Å². The molecule has 3 heteroatoms. The maximum absolute atomic E-state index is 5.75. The van der Waals surface area contributed by atoms with Crippen LogP contribution in [0.25, 0.3) is 0 Å². The highest BCUT2D eigenvalue weighted by Crippen LogP contribution is 2.44. The lowest BCUT2D eigenvalue weighted by Gasteiger charge is -2.44. The molecule has 0 spiro atoms. The zero-order chi connectivity index (χ0) is 29.0. The van der Waals surface area contributed by atoms with Gasteiger partial charge in [-0.1, -0.05) is 123 Å². The first kappa shape index (κ1) is 32.4. The Morgan fingerprint density at radius 3 is 1.73 bits per heavy atom. The number of rotatable bonds is 17. The minimum Gasteiger partial charge on any atom is -0.493 e. The van der Waals surface area contributed by atoms with E-state index in [2.05, 4.69) is 75.9 Å². The van der Waals surface area contributed by atoms with Crippen LogP contribution in [0.2, 0.25) is 0 Å². The summed E-state index contributed by atoms with van der Waals surface area (Å²) in [6.45, 7) is 11.6. The molecule has 0 saturated heterocycles. The lowest BCUT2D eigenvalue weighted by molar-refractivity contribution is 0.351. The van der Waals surface area contributed by atoms with Crippen molar-refractivity contribution in [2.75, 3.05) is 19.1 Å². The Morgan fingerprint density at radius 1 is 0.725 bits per heavy atom. The van der Waals surface area contributed by atoms with E-state index < -0.39 is 0 Å². The topological polar surface area (TPSA) is 21.7 Å². The van der Waals surface area contributed by atoms with Gasteiger partial charge in [0.1, 0.15) is 0 Å². The molecule has 0 amide bonds. The summed E-state index contributed by atoms with van der Waals surface area (Å²) in [4.78, 5) is 2.68. The van der Waals surface area contributed by atoms with Crippen molar-refractivity contribution in [3.05, 3.63) is 53.1 Å². The quantitative estimate of drug-likeness (QED) is 0.183. The first-order valence-electron chi connectivity index (χ1n) is 16.4. The van der Waals surface area contributed by atoms with Crippen molar-refractivity contribution in [2.24, 2.45) is 0 Å². The second kappa shape index (κ2) is 16.3. The summed E-state index contributed by atoms with van der Waals surface area (Å²) in [7, 11) is 3.49. The molecule has 0 aromatic heterocycles. The highest BCUT2D eigenvalue weighted by atomic mass is 16.5. The Labute approximate surface area is 247 Å². The smallest absolute Gasteiger partial charge is 0.161 e. The molecular formula is C37H59NO2. The van der Waals surface area contributed by atoms with Gasteiger partial charge in [-0.2, -0.15) is 0 Å². The monoisotopic (exact) mass is 549 g/mol. The average molecular weight is 550 g/mol. The van der Waals surface area contributed by atoms with Crippen LogP contribution in [0.15, 0.2) is 36.4 Å². The van der Waals surface area contributed by atoms with E-state index in [9.17, 15) is 0 Å². The number of fused-ring (bicyclic) bond motifs is 1. The van der Waals surface area contributed by atoms with E-state index in [-0.39, 0.29) is 5.41 Å². The van der Waals surface area contributed by atoms with Crippen LogP contribution < -0.4 is 14.4 Å². The zero-order valence-electron chi connectivity index (χ0n) is 27.0. The molecule has 1 aliphatic heterocycles. The second-order valence-electron chi connectivity index (χ2n) is 13.2. The van der Waals surface area contributed by atoms with E-state index in [1.807, 2.05) is 0 Å². The van der Waals surface area contributed by atoms with Crippen molar-refractivity contribution in [2.45, 2.75) is 148 Å². The van der Waals surface area contributed by atoms with E-state index in [0.29, 0.717) is 12.1 Å². The van der Waals surface area contributed by atoms with Gasteiger partial charge in [-0.25, -0.2) is 0 Å². The third kappa shape index (κ3) is 9.18. The SMILES string of the molecule is CCCCCCCCCCCCCCCC1c2cc(OC)c(OC)cc2CC(C)N1c1ccc(C(C)(C)C)cc1. The molecule has 0 aliphatic carbocycles. The van der Waals surface area contributed by atoms with Crippen LogP contribution in [0.1, 0.15) is 147 Å². The van der Waals surface area contributed by atoms with Gasteiger partial charge in [0.05, 0.1) is 20.3 Å².